The van der Waals surface area contributed by atoms with Gasteiger partial charge in [-0.25, -0.2) is 4.98 Å². The molecule has 5 aromatic rings. The second-order valence-corrected chi connectivity index (χ2v) is 7.29. The van der Waals surface area contributed by atoms with Crippen LogP contribution in [0.4, 0.5) is 13.2 Å². The van der Waals surface area contributed by atoms with Crippen LogP contribution in [0.5, 0.6) is 5.75 Å². The second kappa shape index (κ2) is 8.34. The van der Waals surface area contributed by atoms with Crippen molar-refractivity contribution in [3.05, 3.63) is 90.1 Å². The molecule has 164 valence electrons. The fraction of sp³-hybridized carbons (Fsp3) is 0.0833. The minimum absolute atomic E-state index is 0.0469. The van der Waals surface area contributed by atoms with E-state index in [2.05, 4.69) is 25.6 Å². The number of hydrogen-bond acceptors (Lipinski definition) is 5. The zero-order chi connectivity index (χ0) is 22.8. The number of nitrogens with zero attached hydrogens (tertiary/aromatic N) is 4. The summed E-state index contributed by atoms with van der Waals surface area (Å²) in [5.41, 5.74) is 2.56. The Bertz CT molecular complexity index is 1400. The SMILES string of the molecule is FC(F)(F)c1cc(OCc2ccc(-c3ccccc3)c(-c3nn[nH]n3)c2)c2ccccc2n1. The summed E-state index contributed by atoms with van der Waals surface area (Å²) in [5, 5.41) is 14.8. The van der Waals surface area contributed by atoms with Gasteiger partial charge in [-0.3, -0.25) is 0 Å². The minimum atomic E-state index is -4.58. The third-order valence-electron chi connectivity index (χ3n) is 5.12. The Kier molecular flexibility index (Phi) is 5.21. The van der Waals surface area contributed by atoms with Crippen LogP contribution in [0, 0.1) is 0 Å². The minimum Gasteiger partial charge on any atom is -0.488 e. The highest BCUT2D eigenvalue weighted by molar-refractivity contribution is 5.85. The van der Waals surface area contributed by atoms with Crippen molar-refractivity contribution in [1.82, 2.24) is 25.6 Å². The van der Waals surface area contributed by atoms with Crippen molar-refractivity contribution in [1.29, 1.82) is 0 Å². The molecule has 0 aliphatic rings. The van der Waals surface area contributed by atoms with E-state index in [1.54, 1.807) is 18.2 Å². The number of alkyl halides is 3. The van der Waals surface area contributed by atoms with Crippen molar-refractivity contribution in [2.75, 3.05) is 0 Å². The Labute approximate surface area is 186 Å². The van der Waals surface area contributed by atoms with Crippen molar-refractivity contribution in [3.63, 3.8) is 0 Å². The first-order valence-electron chi connectivity index (χ1n) is 10.0. The Morgan fingerprint density at radius 1 is 0.848 bits per heavy atom. The molecule has 5 rings (SSSR count). The Hall–Kier alpha value is -4.27. The molecule has 0 atom stereocenters. The second-order valence-electron chi connectivity index (χ2n) is 7.29. The predicted molar refractivity (Wildman–Crippen MR) is 116 cm³/mol. The first-order valence-corrected chi connectivity index (χ1v) is 10.0. The van der Waals surface area contributed by atoms with E-state index in [0.717, 1.165) is 28.3 Å². The molecule has 1 N–H and O–H groups in total. The van der Waals surface area contributed by atoms with Crippen LogP contribution in [0.15, 0.2) is 78.9 Å². The highest BCUT2D eigenvalue weighted by atomic mass is 19.4. The number of aromatic nitrogens is 5. The lowest BCUT2D eigenvalue weighted by Crippen LogP contribution is -2.09. The van der Waals surface area contributed by atoms with E-state index in [-0.39, 0.29) is 17.9 Å². The molecule has 0 aliphatic carbocycles. The number of H-pyrrole nitrogens is 1. The molecule has 3 aromatic carbocycles. The van der Waals surface area contributed by atoms with Gasteiger partial charge in [0.1, 0.15) is 18.1 Å². The van der Waals surface area contributed by atoms with Crippen molar-refractivity contribution < 1.29 is 17.9 Å². The largest absolute Gasteiger partial charge is 0.488 e. The summed E-state index contributed by atoms with van der Waals surface area (Å²) >= 11 is 0. The number of halogens is 3. The quantitative estimate of drug-likeness (QED) is 0.375. The van der Waals surface area contributed by atoms with E-state index >= 15 is 0 Å². The third kappa shape index (κ3) is 4.25. The van der Waals surface area contributed by atoms with Crippen LogP contribution in [0.1, 0.15) is 11.3 Å². The van der Waals surface area contributed by atoms with Crippen molar-refractivity contribution >= 4 is 10.9 Å². The average molecular weight is 447 g/mol. The topological polar surface area (TPSA) is 76.6 Å². The number of rotatable bonds is 5. The first-order chi connectivity index (χ1) is 16.0. The number of hydrogen-bond donors (Lipinski definition) is 1. The van der Waals surface area contributed by atoms with E-state index in [4.69, 9.17) is 4.74 Å². The fourth-order valence-corrected chi connectivity index (χ4v) is 3.58. The zero-order valence-corrected chi connectivity index (χ0v) is 17.0. The fourth-order valence-electron chi connectivity index (χ4n) is 3.58. The normalized spacial score (nSPS) is 11.6. The summed E-state index contributed by atoms with van der Waals surface area (Å²) in [4.78, 5) is 3.72. The van der Waals surface area contributed by atoms with E-state index in [1.807, 2.05) is 48.5 Å². The Balaban J connectivity index is 1.51. The standard InChI is InChI=1S/C24H16F3N5O/c25-24(26,27)22-13-21(18-8-4-5-9-20(18)28-22)33-14-15-10-11-17(16-6-2-1-3-7-16)19(12-15)23-29-31-32-30-23/h1-13H,14H2,(H,29,30,31,32). The van der Waals surface area contributed by atoms with Gasteiger partial charge >= 0.3 is 6.18 Å². The van der Waals surface area contributed by atoms with Gasteiger partial charge in [-0.1, -0.05) is 54.6 Å². The van der Waals surface area contributed by atoms with E-state index in [1.165, 1.54) is 6.07 Å². The van der Waals surface area contributed by atoms with Crippen LogP contribution in [0.3, 0.4) is 0 Å². The van der Waals surface area contributed by atoms with Gasteiger partial charge in [0, 0.05) is 17.0 Å². The molecular weight excluding hydrogens is 431 g/mol. The molecule has 9 heteroatoms. The monoisotopic (exact) mass is 447 g/mol. The number of aromatic amines is 1. The first kappa shape index (κ1) is 20.6. The van der Waals surface area contributed by atoms with Gasteiger partial charge in [0.15, 0.2) is 0 Å². The summed E-state index contributed by atoms with van der Waals surface area (Å²) in [7, 11) is 0. The van der Waals surface area contributed by atoms with Crippen LogP contribution >= 0.6 is 0 Å². The van der Waals surface area contributed by atoms with Crippen LogP contribution < -0.4 is 4.74 Å². The molecule has 6 nitrogen and oxygen atoms in total. The molecule has 0 saturated heterocycles. The van der Waals surface area contributed by atoms with E-state index in [0.29, 0.717) is 11.2 Å². The van der Waals surface area contributed by atoms with Crippen LogP contribution in [-0.2, 0) is 12.8 Å². The molecule has 0 amide bonds. The number of para-hydroxylation sites is 1. The molecule has 0 aliphatic heterocycles. The molecule has 0 bridgehead atoms. The molecule has 0 saturated carbocycles. The summed E-state index contributed by atoms with van der Waals surface area (Å²) in [5.74, 6) is 0.519. The Morgan fingerprint density at radius 3 is 2.39 bits per heavy atom. The number of ether oxygens (including phenoxy) is 1. The molecule has 0 spiro atoms. The maximum Gasteiger partial charge on any atom is 0.433 e. The molecule has 2 aromatic heterocycles. The maximum absolute atomic E-state index is 13.3. The lowest BCUT2D eigenvalue weighted by atomic mass is 9.97. The van der Waals surface area contributed by atoms with Gasteiger partial charge in [0.05, 0.1) is 5.52 Å². The lowest BCUT2D eigenvalue weighted by molar-refractivity contribution is -0.141. The Morgan fingerprint density at radius 2 is 1.64 bits per heavy atom. The van der Waals surface area contributed by atoms with Crippen molar-refractivity contribution in [2.45, 2.75) is 12.8 Å². The van der Waals surface area contributed by atoms with Gasteiger partial charge in [-0.2, -0.15) is 18.4 Å². The van der Waals surface area contributed by atoms with Gasteiger partial charge < -0.3 is 4.74 Å². The van der Waals surface area contributed by atoms with Crippen LogP contribution in [0.2, 0.25) is 0 Å². The number of tetrazole rings is 1. The van der Waals surface area contributed by atoms with Crippen LogP contribution in [-0.4, -0.2) is 25.6 Å². The highest BCUT2D eigenvalue weighted by Gasteiger charge is 2.33. The number of fused-ring (bicyclic) bond motifs is 1. The third-order valence-corrected chi connectivity index (χ3v) is 5.12. The van der Waals surface area contributed by atoms with Crippen LogP contribution in [0.25, 0.3) is 33.4 Å². The molecule has 0 unspecified atom stereocenters. The smallest absolute Gasteiger partial charge is 0.433 e. The predicted octanol–water partition coefficient (Wildman–Crippen LogP) is 5.68. The molecular formula is C24H16F3N5O. The number of benzene rings is 3. The van der Waals surface area contributed by atoms with Gasteiger partial charge in [0.25, 0.3) is 0 Å². The molecule has 2 heterocycles. The molecule has 0 fully saturated rings. The molecule has 0 radical (unpaired) electrons. The van der Waals surface area contributed by atoms with Crippen molar-refractivity contribution in [2.24, 2.45) is 0 Å². The van der Waals surface area contributed by atoms with Gasteiger partial charge in [-0.15, -0.1) is 10.2 Å². The average Bonchev–Trinajstić information content (AvgIpc) is 3.37. The van der Waals surface area contributed by atoms with E-state index in [9.17, 15) is 13.2 Å². The summed E-state index contributed by atoms with van der Waals surface area (Å²) in [6.45, 7) is 0.0469. The van der Waals surface area contributed by atoms with Crippen molar-refractivity contribution in [3.8, 4) is 28.3 Å². The molecule has 33 heavy (non-hydrogen) atoms. The maximum atomic E-state index is 13.3. The summed E-state index contributed by atoms with van der Waals surface area (Å²) < 4.78 is 45.9. The summed E-state index contributed by atoms with van der Waals surface area (Å²) in [6, 6.07) is 22.8. The summed E-state index contributed by atoms with van der Waals surface area (Å²) in [6.07, 6.45) is -4.58. The number of nitrogens with one attached hydrogen (secondary N) is 1. The van der Waals surface area contributed by atoms with Gasteiger partial charge in [0.2, 0.25) is 5.82 Å². The lowest BCUT2D eigenvalue weighted by Gasteiger charge is -2.14. The van der Waals surface area contributed by atoms with E-state index < -0.39 is 11.9 Å². The van der Waals surface area contributed by atoms with Gasteiger partial charge in [-0.05, 0) is 40.1 Å². The highest BCUT2D eigenvalue weighted by Crippen LogP contribution is 2.35. The zero-order valence-electron chi connectivity index (χ0n) is 17.0. The number of pyridine rings is 1.